The standard InChI is InChI=1S/C25H30N2O9.Na/c1-14(28)27-20-18(29)12-25(35-2,24(33)34)36-22(20)21(31)19(30)13-26-23(32)17-10-8-16(9-11-17)15-6-4-3-5-7-15;/h3-11,18-22,29-31H,12-13H2,1-2H3,(H,26,32)(H,27,28)(H,33,34);/q;+1/p-1/t18-,19+,20+,21+,22+,25?;/m0./s1. The minimum Gasteiger partial charge on any atom is -0.544 e. The van der Waals surface area contributed by atoms with Gasteiger partial charge in [0.2, 0.25) is 11.7 Å². The van der Waals surface area contributed by atoms with Gasteiger partial charge in [-0.15, -0.1) is 0 Å². The van der Waals surface area contributed by atoms with Crippen LogP contribution in [0.15, 0.2) is 54.6 Å². The van der Waals surface area contributed by atoms with E-state index >= 15 is 0 Å². The van der Waals surface area contributed by atoms with Crippen LogP contribution in [0, 0.1) is 0 Å². The first kappa shape index (κ1) is 30.9. The first-order valence-electron chi connectivity index (χ1n) is 11.3. The molecule has 0 spiro atoms. The summed E-state index contributed by atoms with van der Waals surface area (Å²) in [5.74, 6) is -5.32. The van der Waals surface area contributed by atoms with Crippen LogP contribution in [0.25, 0.3) is 11.1 Å². The van der Waals surface area contributed by atoms with E-state index in [2.05, 4.69) is 10.6 Å². The van der Waals surface area contributed by atoms with Crippen molar-refractivity contribution >= 4 is 17.8 Å². The first-order valence-corrected chi connectivity index (χ1v) is 11.3. The van der Waals surface area contributed by atoms with Crippen LogP contribution in [0.1, 0.15) is 23.7 Å². The van der Waals surface area contributed by atoms with Crippen molar-refractivity contribution in [1.29, 1.82) is 0 Å². The largest absolute Gasteiger partial charge is 1.00 e. The van der Waals surface area contributed by atoms with E-state index in [0.29, 0.717) is 5.56 Å². The molecule has 2 aromatic carbocycles. The fraction of sp³-hybridized carbons (Fsp3) is 0.400. The number of aliphatic hydroxyl groups excluding tert-OH is 3. The topological polar surface area (TPSA) is 177 Å². The van der Waals surface area contributed by atoms with Crippen molar-refractivity contribution in [3.05, 3.63) is 60.2 Å². The van der Waals surface area contributed by atoms with Crippen LogP contribution in [0.2, 0.25) is 0 Å². The molecule has 37 heavy (non-hydrogen) atoms. The number of aliphatic carboxylic acids is 1. The van der Waals surface area contributed by atoms with E-state index in [1.807, 2.05) is 30.3 Å². The predicted octanol–water partition coefficient (Wildman–Crippen LogP) is -4.44. The average molecular weight is 525 g/mol. The minimum atomic E-state index is -2.41. The molecule has 1 aliphatic rings. The number of benzene rings is 2. The van der Waals surface area contributed by atoms with Gasteiger partial charge in [0.05, 0.1) is 18.2 Å². The maximum absolute atomic E-state index is 12.6. The van der Waals surface area contributed by atoms with Gasteiger partial charge in [0, 0.05) is 32.6 Å². The molecule has 5 N–H and O–H groups in total. The molecule has 1 aliphatic heterocycles. The molecule has 1 fully saturated rings. The van der Waals surface area contributed by atoms with Crippen LogP contribution in [-0.2, 0) is 19.1 Å². The summed E-state index contributed by atoms with van der Waals surface area (Å²) in [5.41, 5.74) is 2.21. The van der Waals surface area contributed by atoms with Gasteiger partial charge >= 0.3 is 29.6 Å². The van der Waals surface area contributed by atoms with Crippen molar-refractivity contribution in [2.24, 2.45) is 0 Å². The number of ether oxygens (including phenoxy) is 2. The fourth-order valence-corrected chi connectivity index (χ4v) is 4.09. The Morgan fingerprint density at radius 1 is 1.11 bits per heavy atom. The molecule has 11 nitrogen and oxygen atoms in total. The van der Waals surface area contributed by atoms with E-state index in [9.17, 15) is 34.8 Å². The van der Waals surface area contributed by atoms with E-state index < -0.39 is 67.0 Å². The zero-order valence-corrected chi connectivity index (χ0v) is 22.8. The number of hydrogen-bond acceptors (Lipinski definition) is 9. The Balaban J connectivity index is 0.00000481. The first-order chi connectivity index (χ1) is 17.1. The summed E-state index contributed by atoms with van der Waals surface area (Å²) in [6.45, 7) is 0.724. The maximum Gasteiger partial charge on any atom is 1.00 e. The quantitative estimate of drug-likeness (QED) is 0.203. The van der Waals surface area contributed by atoms with E-state index in [1.165, 1.54) is 0 Å². The van der Waals surface area contributed by atoms with Crippen LogP contribution >= 0.6 is 0 Å². The summed E-state index contributed by atoms with van der Waals surface area (Å²) in [5, 5.41) is 48.3. The third-order valence-electron chi connectivity index (χ3n) is 6.04. The van der Waals surface area contributed by atoms with Crippen molar-refractivity contribution in [1.82, 2.24) is 10.6 Å². The Kier molecular flexibility index (Phi) is 11.2. The van der Waals surface area contributed by atoms with Crippen LogP contribution < -0.4 is 45.3 Å². The Hall–Kier alpha value is -2.35. The van der Waals surface area contributed by atoms with Crippen LogP contribution in [-0.4, -0.2) is 83.0 Å². The van der Waals surface area contributed by atoms with Gasteiger partial charge in [-0.2, -0.15) is 0 Å². The fourth-order valence-electron chi connectivity index (χ4n) is 4.09. The molecule has 0 aliphatic carbocycles. The monoisotopic (exact) mass is 524 g/mol. The number of aliphatic hydroxyl groups is 3. The van der Waals surface area contributed by atoms with E-state index in [0.717, 1.165) is 25.2 Å². The molecule has 6 atom stereocenters. The second kappa shape index (κ2) is 13.4. The second-order valence-electron chi connectivity index (χ2n) is 8.54. The predicted molar refractivity (Wildman–Crippen MR) is 124 cm³/mol. The number of hydrogen-bond donors (Lipinski definition) is 5. The summed E-state index contributed by atoms with van der Waals surface area (Å²) in [6.07, 6.45) is -7.18. The summed E-state index contributed by atoms with van der Waals surface area (Å²) in [7, 11) is 1.02. The van der Waals surface area contributed by atoms with Crippen molar-refractivity contribution < 1.29 is 73.8 Å². The molecule has 2 aromatic rings. The molecule has 1 heterocycles. The number of carbonyl (C=O) groups excluding carboxylic acids is 3. The van der Waals surface area contributed by atoms with E-state index in [-0.39, 0.29) is 29.6 Å². The smallest absolute Gasteiger partial charge is 0.544 e. The SMILES string of the molecule is COC1(C(=O)[O-])C[C@H](O)[C@@H](NC(C)=O)[C@H]([C@H](O)[C@H](O)CNC(=O)c2ccc(-c3ccccc3)cc2)O1.[Na+]. The Morgan fingerprint density at radius 2 is 1.70 bits per heavy atom. The molecule has 0 aromatic heterocycles. The number of carboxylic acid groups (broad SMARTS) is 1. The van der Waals surface area contributed by atoms with Gasteiger partial charge in [-0.3, -0.25) is 9.59 Å². The Bertz CT molecular complexity index is 1070. The van der Waals surface area contributed by atoms with Crippen molar-refractivity contribution in [3.63, 3.8) is 0 Å². The van der Waals surface area contributed by atoms with Crippen LogP contribution in [0.3, 0.4) is 0 Å². The number of carboxylic acids is 1. The Morgan fingerprint density at radius 3 is 2.24 bits per heavy atom. The van der Waals surface area contributed by atoms with E-state index in [1.54, 1.807) is 24.3 Å². The maximum atomic E-state index is 12.6. The number of amides is 2. The van der Waals surface area contributed by atoms with Crippen LogP contribution in [0.5, 0.6) is 0 Å². The van der Waals surface area contributed by atoms with Gasteiger partial charge in [0.1, 0.15) is 18.2 Å². The molecule has 1 unspecified atom stereocenters. The van der Waals surface area contributed by atoms with Crippen molar-refractivity contribution in [3.8, 4) is 11.1 Å². The third kappa shape index (κ3) is 7.37. The molecule has 2 amide bonds. The summed E-state index contributed by atoms with van der Waals surface area (Å²) in [4.78, 5) is 35.8. The Labute approximate surface area is 236 Å². The molecule has 0 saturated carbocycles. The summed E-state index contributed by atoms with van der Waals surface area (Å²) in [6, 6.07) is 15.1. The minimum absolute atomic E-state index is 0. The molecule has 0 bridgehead atoms. The van der Waals surface area contributed by atoms with Crippen LogP contribution in [0.4, 0.5) is 0 Å². The molecular weight excluding hydrogens is 495 g/mol. The van der Waals surface area contributed by atoms with Gasteiger partial charge in [-0.1, -0.05) is 42.5 Å². The van der Waals surface area contributed by atoms with Gasteiger partial charge in [-0.25, -0.2) is 0 Å². The molecule has 0 radical (unpaired) electrons. The van der Waals surface area contributed by atoms with Gasteiger partial charge in [0.25, 0.3) is 5.91 Å². The summed E-state index contributed by atoms with van der Waals surface area (Å²) >= 11 is 0. The molecule has 3 rings (SSSR count). The molecule has 1 saturated heterocycles. The second-order valence-corrected chi connectivity index (χ2v) is 8.54. The van der Waals surface area contributed by atoms with Gasteiger partial charge in [0.15, 0.2) is 0 Å². The van der Waals surface area contributed by atoms with Crippen molar-refractivity contribution in [2.75, 3.05) is 13.7 Å². The number of methoxy groups -OCH3 is 1. The van der Waals surface area contributed by atoms with Gasteiger partial charge < -0.3 is 45.3 Å². The van der Waals surface area contributed by atoms with E-state index in [4.69, 9.17) is 9.47 Å². The molecule has 12 heteroatoms. The van der Waals surface area contributed by atoms with Crippen molar-refractivity contribution in [2.45, 2.75) is 49.6 Å². The normalized spacial score (nSPS) is 24.7. The average Bonchev–Trinajstić information content (AvgIpc) is 2.88. The molecule has 194 valence electrons. The summed E-state index contributed by atoms with van der Waals surface area (Å²) < 4.78 is 10.3. The number of carbonyl (C=O) groups is 3. The van der Waals surface area contributed by atoms with Gasteiger partial charge in [-0.05, 0) is 23.3 Å². The molecular formula is C25H29N2NaO9. The third-order valence-corrected chi connectivity index (χ3v) is 6.04. The zero-order valence-electron chi connectivity index (χ0n) is 20.8. The number of nitrogens with one attached hydrogen (secondary N) is 2. The zero-order chi connectivity index (χ0) is 26.5. The number of rotatable bonds is 9.